The number of carbonyl (C=O) groups excluding carboxylic acids is 4. The molecule has 0 bridgehead atoms. The predicted octanol–water partition coefficient (Wildman–Crippen LogP) is 4.54. The quantitative estimate of drug-likeness (QED) is 0.0558. The molecule has 1 aliphatic rings. The molecule has 11 nitrogen and oxygen atoms in total. The number of imide groups is 1. The lowest BCUT2D eigenvalue weighted by atomic mass is 10.00. The number of ketones is 2. The van der Waals surface area contributed by atoms with Gasteiger partial charge in [-0.05, 0) is 67.8 Å². The van der Waals surface area contributed by atoms with Crippen molar-refractivity contribution < 1.29 is 29.0 Å². The molecule has 1 saturated heterocycles. The van der Waals surface area contributed by atoms with Crippen LogP contribution in [0.4, 0.5) is 5.69 Å². The number of fused-ring (bicyclic) bond motifs is 1. The Labute approximate surface area is 260 Å². The lowest BCUT2D eigenvalue weighted by Crippen LogP contribution is -2.40. The van der Waals surface area contributed by atoms with Gasteiger partial charge in [0.25, 0.3) is 5.91 Å². The summed E-state index contributed by atoms with van der Waals surface area (Å²) >= 11 is 0. The summed E-state index contributed by atoms with van der Waals surface area (Å²) in [7, 11) is 0. The number of hydrogen-bond acceptors (Lipinski definition) is 9. The topological polar surface area (TPSA) is 144 Å². The summed E-state index contributed by atoms with van der Waals surface area (Å²) in [6, 6.07) is 17.9. The van der Waals surface area contributed by atoms with Crippen LogP contribution >= 0.6 is 0 Å². The Bertz CT molecular complexity index is 1720. The number of ether oxygens (including phenoxy) is 1. The van der Waals surface area contributed by atoms with Crippen molar-refractivity contribution in [1.82, 2.24) is 20.3 Å². The molecule has 0 spiro atoms. The number of hydrogen-bond donors (Lipinski definition) is 2. The van der Waals surface area contributed by atoms with Gasteiger partial charge in [-0.1, -0.05) is 31.2 Å². The van der Waals surface area contributed by atoms with Crippen LogP contribution in [0.15, 0.2) is 66.2 Å². The Morgan fingerprint density at radius 1 is 1.02 bits per heavy atom. The smallest absolute Gasteiger partial charge is 0.261 e. The molecular weight excluding hydrogens is 574 g/mol. The van der Waals surface area contributed by atoms with E-state index >= 15 is 0 Å². The first-order valence-corrected chi connectivity index (χ1v) is 15.0. The third-order valence-corrected chi connectivity index (χ3v) is 7.47. The maximum absolute atomic E-state index is 13.3. The van der Waals surface area contributed by atoms with Crippen LogP contribution in [0, 0.1) is 0 Å². The van der Waals surface area contributed by atoms with E-state index in [-0.39, 0.29) is 30.1 Å². The number of phenols is 1. The molecule has 2 amide bonds. The lowest BCUT2D eigenvalue weighted by Gasteiger charge is -2.25. The molecule has 1 aliphatic heterocycles. The van der Waals surface area contributed by atoms with Crippen molar-refractivity contribution in [2.24, 2.45) is 0 Å². The highest BCUT2D eigenvalue weighted by Gasteiger charge is 2.28. The normalized spacial score (nSPS) is 14.3. The number of nitrogens with zero attached hydrogens (tertiary/aromatic N) is 4. The van der Waals surface area contributed by atoms with Gasteiger partial charge in [-0.3, -0.25) is 24.5 Å². The largest absolute Gasteiger partial charge is 0.505 e. The third kappa shape index (κ3) is 7.32. The number of nitrogens with one attached hydrogen (secondary N) is 1. The van der Waals surface area contributed by atoms with Gasteiger partial charge in [-0.25, -0.2) is 0 Å². The SMILES string of the molecule is CCCOCCCC(=O)c1cc(CN(CC)c2ccc(/C=C3\C(=O)CC(=O)NC3=O)cc2)c(O)c(-n2nc3ccccc3n2)c1. The standard InChI is InChI=1S/C34H35N5O6/c1-3-15-45-16-7-10-30(40)23-18-24(33(43)29(19-23)39-36-27-8-5-6-9-28(27)37-39)21-38(4-2)25-13-11-22(12-14-25)17-26-31(41)20-32(42)35-34(26)44/h5-6,8-9,11-14,17-19,43H,3-4,7,10,15-16,20-21H2,1-2H3,(H,35,42,44)/b26-17+. The fraction of sp³-hybridized carbons (Fsp3) is 0.294. The fourth-order valence-electron chi connectivity index (χ4n) is 5.10. The van der Waals surface area contributed by atoms with Crippen LogP contribution in [-0.4, -0.2) is 63.2 Å². The van der Waals surface area contributed by atoms with Crippen LogP contribution in [-0.2, 0) is 25.7 Å². The van der Waals surface area contributed by atoms with Gasteiger partial charge in [0, 0.05) is 49.5 Å². The first-order chi connectivity index (χ1) is 21.8. The first-order valence-electron chi connectivity index (χ1n) is 15.0. The van der Waals surface area contributed by atoms with Gasteiger partial charge in [-0.2, -0.15) is 0 Å². The highest BCUT2D eigenvalue weighted by molar-refractivity contribution is 6.32. The maximum atomic E-state index is 13.3. The summed E-state index contributed by atoms with van der Waals surface area (Å²) in [6.07, 6.45) is 2.90. The van der Waals surface area contributed by atoms with Crippen LogP contribution in [0.5, 0.6) is 5.75 Å². The average Bonchev–Trinajstić information content (AvgIpc) is 3.46. The van der Waals surface area contributed by atoms with Crippen molar-refractivity contribution in [2.75, 3.05) is 24.7 Å². The fourth-order valence-corrected chi connectivity index (χ4v) is 5.10. The second kappa shape index (κ2) is 14.1. The van der Waals surface area contributed by atoms with Gasteiger partial charge in [0.2, 0.25) is 5.91 Å². The van der Waals surface area contributed by atoms with E-state index in [9.17, 15) is 24.3 Å². The Morgan fingerprint density at radius 3 is 2.38 bits per heavy atom. The molecule has 232 valence electrons. The Kier molecular flexibility index (Phi) is 9.79. The number of piperidine rings is 1. The molecule has 0 saturated carbocycles. The number of phenolic OH excluding ortho intramolecular Hbond substituents is 1. The van der Waals surface area contributed by atoms with Crippen LogP contribution in [0.2, 0.25) is 0 Å². The van der Waals surface area contributed by atoms with Gasteiger partial charge in [0.05, 0.1) is 12.0 Å². The van der Waals surface area contributed by atoms with Crippen molar-refractivity contribution in [3.8, 4) is 11.4 Å². The molecule has 2 heterocycles. The van der Waals surface area contributed by atoms with Gasteiger partial charge in [0.15, 0.2) is 11.6 Å². The number of anilines is 1. The number of Topliss-reactive ketones (excluding diaryl/α,β-unsaturated/α-hetero) is 2. The zero-order valence-electron chi connectivity index (χ0n) is 25.3. The number of aromatic hydroxyl groups is 1. The molecule has 0 radical (unpaired) electrons. The second-order valence-electron chi connectivity index (χ2n) is 10.8. The Morgan fingerprint density at radius 2 is 1.73 bits per heavy atom. The molecule has 0 unspecified atom stereocenters. The van der Waals surface area contributed by atoms with Crippen LogP contribution in [0.25, 0.3) is 22.8 Å². The van der Waals surface area contributed by atoms with Crippen molar-refractivity contribution in [3.05, 3.63) is 82.9 Å². The van der Waals surface area contributed by atoms with Gasteiger partial charge >= 0.3 is 0 Å². The van der Waals surface area contributed by atoms with Gasteiger partial charge in [0.1, 0.15) is 22.5 Å². The lowest BCUT2D eigenvalue weighted by molar-refractivity contribution is -0.134. The molecule has 0 atom stereocenters. The van der Waals surface area contributed by atoms with E-state index in [0.717, 1.165) is 12.1 Å². The second-order valence-corrected chi connectivity index (χ2v) is 10.8. The minimum absolute atomic E-state index is 0.0330. The summed E-state index contributed by atoms with van der Waals surface area (Å²) in [6.45, 7) is 6.02. The van der Waals surface area contributed by atoms with E-state index < -0.39 is 17.6 Å². The molecule has 1 fully saturated rings. The van der Waals surface area contributed by atoms with E-state index in [4.69, 9.17) is 4.74 Å². The number of rotatable bonds is 13. The maximum Gasteiger partial charge on any atom is 0.261 e. The van der Waals surface area contributed by atoms with Crippen LogP contribution < -0.4 is 10.2 Å². The van der Waals surface area contributed by atoms with E-state index in [1.54, 1.807) is 24.3 Å². The van der Waals surface area contributed by atoms with Crippen molar-refractivity contribution in [2.45, 2.75) is 46.1 Å². The summed E-state index contributed by atoms with van der Waals surface area (Å²) in [5, 5.41) is 22.7. The zero-order chi connectivity index (χ0) is 31.9. The predicted molar refractivity (Wildman–Crippen MR) is 169 cm³/mol. The van der Waals surface area contributed by atoms with E-state index in [2.05, 4.69) is 15.5 Å². The molecule has 5 rings (SSSR count). The van der Waals surface area contributed by atoms with Crippen molar-refractivity contribution in [3.63, 3.8) is 0 Å². The molecule has 2 N–H and O–H groups in total. The van der Waals surface area contributed by atoms with Crippen LogP contribution in [0.3, 0.4) is 0 Å². The molecule has 45 heavy (non-hydrogen) atoms. The minimum atomic E-state index is -0.704. The molecule has 4 aromatic rings. The summed E-state index contributed by atoms with van der Waals surface area (Å²) in [5.41, 5.74) is 3.98. The van der Waals surface area contributed by atoms with Gasteiger partial charge < -0.3 is 14.7 Å². The summed E-state index contributed by atoms with van der Waals surface area (Å²) in [5.74, 6) is -1.93. The van der Waals surface area contributed by atoms with Crippen molar-refractivity contribution >= 4 is 46.2 Å². The van der Waals surface area contributed by atoms with E-state index in [0.29, 0.717) is 66.0 Å². The highest BCUT2D eigenvalue weighted by Crippen LogP contribution is 2.31. The number of benzene rings is 3. The monoisotopic (exact) mass is 609 g/mol. The van der Waals surface area contributed by atoms with E-state index in [1.165, 1.54) is 10.9 Å². The van der Waals surface area contributed by atoms with Crippen LogP contribution in [0.1, 0.15) is 61.0 Å². The molecule has 0 aliphatic carbocycles. The average molecular weight is 610 g/mol. The molecule has 11 heteroatoms. The number of carbonyl (C=O) groups is 4. The number of amides is 2. The Balaban J connectivity index is 1.43. The molecule has 1 aromatic heterocycles. The molecule has 3 aromatic carbocycles. The zero-order valence-corrected chi connectivity index (χ0v) is 25.3. The minimum Gasteiger partial charge on any atom is -0.505 e. The van der Waals surface area contributed by atoms with E-state index in [1.807, 2.05) is 55.1 Å². The summed E-state index contributed by atoms with van der Waals surface area (Å²) < 4.78 is 5.54. The highest BCUT2D eigenvalue weighted by atomic mass is 16.5. The van der Waals surface area contributed by atoms with Crippen molar-refractivity contribution in [1.29, 1.82) is 0 Å². The molecular formula is C34H35N5O6. The third-order valence-electron chi connectivity index (χ3n) is 7.47. The number of aromatic nitrogens is 3. The Hall–Kier alpha value is -5.16. The summed E-state index contributed by atoms with van der Waals surface area (Å²) in [4.78, 5) is 52.5. The first kappa shape index (κ1) is 31.3. The van der Waals surface area contributed by atoms with Gasteiger partial charge in [-0.15, -0.1) is 15.0 Å².